The zero-order valence-corrected chi connectivity index (χ0v) is 48.7. The van der Waals surface area contributed by atoms with Gasteiger partial charge in [0.2, 0.25) is 0 Å². The highest BCUT2D eigenvalue weighted by Gasteiger charge is 2.64. The molecule has 4 aromatic rings. The summed E-state index contributed by atoms with van der Waals surface area (Å²) in [4.78, 5) is 0. The largest absolute Gasteiger partial charge is 0.494 e. The van der Waals surface area contributed by atoms with Gasteiger partial charge in [0.1, 0.15) is 6.42 Å². The van der Waals surface area contributed by atoms with Crippen molar-refractivity contribution >= 4 is 55.5 Å². The molecule has 2 aromatic carbocycles. The van der Waals surface area contributed by atoms with Crippen molar-refractivity contribution in [2.45, 2.75) is 233 Å². The number of aromatic nitrogens is 4. The van der Waals surface area contributed by atoms with E-state index in [0.29, 0.717) is 5.56 Å². The number of ether oxygens (including phenoxy) is 2. The van der Waals surface area contributed by atoms with Crippen molar-refractivity contribution in [2.75, 3.05) is 13.2 Å². The molecule has 0 saturated carbocycles. The molecule has 77 heavy (non-hydrogen) atoms. The van der Waals surface area contributed by atoms with Crippen LogP contribution in [0.4, 0.5) is 13.2 Å². The lowest BCUT2D eigenvalue weighted by Gasteiger charge is -2.32. The Labute approximate surface area is 456 Å². The number of nitrogens with zero attached hydrogens (tertiary/aromatic N) is 4. The van der Waals surface area contributed by atoms with Crippen LogP contribution >= 0.6 is 0 Å². The molecule has 0 aliphatic carbocycles. The van der Waals surface area contributed by atoms with Crippen LogP contribution in [0.1, 0.15) is 193 Å². The molecule has 0 radical (unpaired) electrons. The van der Waals surface area contributed by atoms with Crippen LogP contribution < -0.4 is 0 Å². The van der Waals surface area contributed by atoms with Crippen LogP contribution in [0.5, 0.6) is 0 Å². The topological polar surface area (TPSA) is 128 Å². The van der Waals surface area contributed by atoms with Gasteiger partial charge in [-0.15, -0.1) is 0 Å². The number of allylic oxidation sites excluding steroid dienone is 1. The Kier molecular flexibility index (Phi) is 16.7. The number of hydrogen-bond acceptors (Lipinski definition) is 12. The van der Waals surface area contributed by atoms with E-state index in [1.807, 2.05) is 77.0 Å². The highest BCUT2D eigenvalue weighted by molar-refractivity contribution is 7.11. The molecule has 2 aromatic heterocycles. The number of benzene rings is 2. The molecule has 0 spiro atoms. The normalized spacial score (nSPS) is 25.9. The molecule has 14 nitrogen and oxygen atoms in total. The van der Waals surface area contributed by atoms with Gasteiger partial charge in [0.25, 0.3) is 0 Å². The summed E-state index contributed by atoms with van der Waals surface area (Å²) in [5.41, 5.74) is 2.33. The fourth-order valence-corrected chi connectivity index (χ4v) is 9.79. The Hall–Kier alpha value is -3.67. The third-order valence-corrected chi connectivity index (χ3v) is 17.4. The Morgan fingerprint density at radius 3 is 1.36 bits per heavy atom. The second-order valence-corrected chi connectivity index (χ2v) is 25.2. The highest BCUT2D eigenvalue weighted by Crippen LogP contribution is 2.47. The molecular weight excluding hydrogens is 989 g/mol. The average Bonchev–Trinajstić information content (AvgIpc) is 4.14. The number of alkyl halides is 3. The first kappa shape index (κ1) is 59.5. The predicted octanol–water partition coefficient (Wildman–Crippen LogP) is 12.5. The van der Waals surface area contributed by atoms with Crippen LogP contribution in [-0.4, -0.2) is 112 Å². The molecule has 0 amide bonds. The van der Waals surface area contributed by atoms with Gasteiger partial charge >= 0.3 is 34.4 Å². The predicted molar refractivity (Wildman–Crippen MR) is 296 cm³/mol. The third kappa shape index (κ3) is 12.5. The van der Waals surface area contributed by atoms with Crippen molar-refractivity contribution in [2.24, 2.45) is 0 Å². The van der Waals surface area contributed by atoms with Gasteiger partial charge in [-0.05, 0) is 203 Å². The molecule has 2 unspecified atom stereocenters. The number of hydrogen-bond donors (Lipinski definition) is 0. The standard InChI is InChI=1S/C28H42B2N2O5.C16H15F3N2O.C12H24B2O4/c1-10-21(29-34-25(2,3)26(4,5)35-29)24(30-36-27(6,7)28(8,9)37-30)19-14-15-22-20(17-19)18-31-32(22)23-13-11-12-16-33-23;17-16(18,19)8-3-4-12-6-7-14-13(10-12)11-20-21(14)15-5-1-2-9-22-15;1-9(2)10(3,4)16-13(15-9)14-17-11(5,6)12(7,8)18-14/h14-15,17-18,23H,10-13,16H2,1-9H3;6-7,10-11,15H,1-2,5,8-9H2;1-8H3/b24-21-;;. The van der Waals surface area contributed by atoms with Gasteiger partial charge in [0.05, 0.1) is 68.2 Å². The first-order valence-corrected chi connectivity index (χ1v) is 27.6. The van der Waals surface area contributed by atoms with E-state index < -0.39 is 63.3 Å². The van der Waals surface area contributed by atoms with E-state index in [1.165, 1.54) is 0 Å². The zero-order valence-electron chi connectivity index (χ0n) is 48.7. The lowest BCUT2D eigenvalue weighted by atomic mass is 9.49. The van der Waals surface area contributed by atoms with Crippen LogP contribution in [0, 0.1) is 11.8 Å². The van der Waals surface area contributed by atoms with Gasteiger partial charge < -0.3 is 46.7 Å². The summed E-state index contributed by atoms with van der Waals surface area (Å²) < 4.78 is 102. The average molecular weight is 1070 g/mol. The van der Waals surface area contributed by atoms with Gasteiger partial charge in [-0.1, -0.05) is 24.8 Å². The van der Waals surface area contributed by atoms with Gasteiger partial charge in [-0.3, -0.25) is 0 Å². The number of fused-ring (bicyclic) bond motifs is 2. The molecule has 21 heteroatoms. The number of halogens is 3. The van der Waals surface area contributed by atoms with Crippen molar-refractivity contribution in [3.8, 4) is 11.8 Å². The van der Waals surface area contributed by atoms with E-state index in [0.717, 1.165) is 96.5 Å². The van der Waals surface area contributed by atoms with Gasteiger partial charge in [-0.25, -0.2) is 9.36 Å². The quantitative estimate of drug-likeness (QED) is 0.129. The molecule has 418 valence electrons. The maximum atomic E-state index is 12.1. The van der Waals surface area contributed by atoms with E-state index in [9.17, 15) is 13.2 Å². The molecule has 10 rings (SSSR count). The lowest BCUT2D eigenvalue weighted by Crippen LogP contribution is -2.41. The zero-order chi connectivity index (χ0) is 56.4. The number of rotatable bonds is 7. The van der Waals surface area contributed by atoms with Crippen LogP contribution in [-0.2, 0) is 46.7 Å². The molecule has 2 atom stereocenters. The maximum absolute atomic E-state index is 12.1. The fourth-order valence-electron chi connectivity index (χ4n) is 9.79. The Morgan fingerprint density at radius 1 is 0.558 bits per heavy atom. The van der Waals surface area contributed by atoms with Crippen molar-refractivity contribution in [1.29, 1.82) is 0 Å². The van der Waals surface area contributed by atoms with Crippen LogP contribution in [0.15, 0.2) is 54.3 Å². The molecular formula is C56H81B4F3N4O10. The summed E-state index contributed by atoms with van der Waals surface area (Å²) >= 11 is 0. The summed E-state index contributed by atoms with van der Waals surface area (Å²) in [7, 11) is -1.99. The molecule has 0 N–H and O–H groups in total. The summed E-state index contributed by atoms with van der Waals surface area (Å²) in [6.07, 6.45) is 5.30. The Bertz CT molecular complexity index is 2740. The Balaban J connectivity index is 0.000000166. The molecule has 6 fully saturated rings. The smallest absolute Gasteiger partial charge is 0.405 e. The van der Waals surface area contributed by atoms with E-state index in [1.54, 1.807) is 18.3 Å². The minimum absolute atomic E-state index is 0.00818. The second kappa shape index (κ2) is 21.7. The molecule has 0 bridgehead atoms. The molecule has 8 heterocycles. The summed E-state index contributed by atoms with van der Waals surface area (Å²) in [6.45, 7) is 36.5. The van der Waals surface area contributed by atoms with Gasteiger partial charge in [0, 0.05) is 29.5 Å². The minimum atomic E-state index is -4.25. The molecule has 6 aliphatic rings. The van der Waals surface area contributed by atoms with Crippen LogP contribution in [0.3, 0.4) is 0 Å². The summed E-state index contributed by atoms with van der Waals surface area (Å²) in [5, 5.41) is 11.0. The van der Waals surface area contributed by atoms with Gasteiger partial charge in [0.15, 0.2) is 12.5 Å². The van der Waals surface area contributed by atoms with Crippen LogP contribution in [0.25, 0.3) is 27.3 Å². The van der Waals surface area contributed by atoms with Crippen LogP contribution in [0.2, 0.25) is 0 Å². The first-order valence-electron chi connectivity index (χ1n) is 27.6. The fraction of sp³-hybridized carbons (Fsp3) is 0.679. The monoisotopic (exact) mass is 1070 g/mol. The summed E-state index contributed by atoms with van der Waals surface area (Å²) in [5.74, 6) is 4.69. The molecule has 6 aliphatic heterocycles. The van der Waals surface area contributed by atoms with Crippen molar-refractivity contribution in [3.63, 3.8) is 0 Å². The maximum Gasteiger partial charge on any atom is 0.494 e. The molecule has 6 saturated heterocycles. The second-order valence-electron chi connectivity index (χ2n) is 25.2. The Morgan fingerprint density at radius 2 is 0.961 bits per heavy atom. The lowest BCUT2D eigenvalue weighted by molar-refractivity contribution is -0.123. The van der Waals surface area contributed by atoms with Crippen molar-refractivity contribution in [3.05, 3.63) is 65.4 Å². The minimum Gasteiger partial charge on any atom is -0.405 e. The van der Waals surface area contributed by atoms with E-state index in [2.05, 4.69) is 97.5 Å². The van der Waals surface area contributed by atoms with E-state index >= 15 is 0 Å². The van der Waals surface area contributed by atoms with Crippen molar-refractivity contribution in [1.82, 2.24) is 19.6 Å². The van der Waals surface area contributed by atoms with E-state index in [-0.39, 0.29) is 34.9 Å². The SMILES string of the molecule is CC/C(B1OC(C)(C)C(C)(C)O1)=C(/B1OC(C)(C)C(C)(C)O1)c1ccc2c(cnn2C2CCCCO2)c1.CC1(C)OB(B2OC(C)(C)C(C)(C)O2)OC1(C)C.FC(F)(F)CC#Cc1ccc2c(cnn2C2CCCCO2)c1. The first-order chi connectivity index (χ1) is 35.7. The third-order valence-electron chi connectivity index (χ3n) is 17.4. The highest BCUT2D eigenvalue weighted by atomic mass is 19.4. The van der Waals surface area contributed by atoms with E-state index in [4.69, 9.17) is 51.8 Å². The van der Waals surface area contributed by atoms with Crippen molar-refractivity contribution < 1.29 is 59.9 Å². The van der Waals surface area contributed by atoms with Gasteiger partial charge in [-0.2, -0.15) is 23.4 Å². The summed E-state index contributed by atoms with van der Waals surface area (Å²) in [6, 6.07) is 11.8.